The number of ether oxygens (including phenoxy) is 1. The molecule has 5 heteroatoms. The number of rotatable bonds is 4. The molecule has 0 amide bonds. The summed E-state index contributed by atoms with van der Waals surface area (Å²) in [6.45, 7) is 4.08. The first kappa shape index (κ1) is 14.3. The maximum atomic E-state index is 5.79. The van der Waals surface area contributed by atoms with Gasteiger partial charge in [0.25, 0.3) is 0 Å². The Morgan fingerprint density at radius 2 is 2.45 bits per heavy atom. The molecule has 2 atom stereocenters. The lowest BCUT2D eigenvalue weighted by Crippen LogP contribution is -2.27. The Bertz CT molecular complexity index is 449. The van der Waals surface area contributed by atoms with E-state index in [1.165, 1.54) is 24.1 Å². The Balaban J connectivity index is 1.77. The molecule has 4 nitrogen and oxygen atoms in total. The summed E-state index contributed by atoms with van der Waals surface area (Å²) in [6.07, 6.45) is 6.78. The van der Waals surface area contributed by atoms with E-state index in [1.54, 1.807) is 0 Å². The molecule has 0 spiro atoms. The van der Waals surface area contributed by atoms with E-state index < -0.39 is 0 Å². The topological polar surface area (TPSA) is 47.0 Å². The van der Waals surface area contributed by atoms with Gasteiger partial charge < -0.3 is 10.1 Å². The maximum absolute atomic E-state index is 5.79. The number of fused-ring (bicyclic) bond motifs is 1. The van der Waals surface area contributed by atoms with E-state index in [1.807, 2.05) is 18.0 Å². The molecule has 2 unspecified atom stereocenters. The van der Waals surface area contributed by atoms with Crippen molar-refractivity contribution in [3.05, 3.63) is 23.3 Å². The lowest BCUT2D eigenvalue weighted by Gasteiger charge is -2.27. The fourth-order valence-electron chi connectivity index (χ4n) is 2.88. The molecule has 0 bridgehead atoms. The van der Waals surface area contributed by atoms with Gasteiger partial charge in [0.05, 0.1) is 6.61 Å². The van der Waals surface area contributed by atoms with E-state index in [0.717, 1.165) is 43.3 Å². The van der Waals surface area contributed by atoms with Crippen molar-refractivity contribution in [2.75, 3.05) is 24.7 Å². The second kappa shape index (κ2) is 6.87. The van der Waals surface area contributed by atoms with Crippen LogP contribution in [0, 0.1) is 0 Å². The van der Waals surface area contributed by atoms with Crippen LogP contribution in [0.1, 0.15) is 55.4 Å². The monoisotopic (exact) mass is 293 g/mol. The van der Waals surface area contributed by atoms with Gasteiger partial charge in [-0.1, -0.05) is 6.92 Å². The molecule has 1 saturated heterocycles. The zero-order valence-electron chi connectivity index (χ0n) is 12.1. The smallest absolute Gasteiger partial charge is 0.158 e. The second-order valence-corrected chi connectivity index (χ2v) is 6.61. The van der Waals surface area contributed by atoms with E-state index >= 15 is 0 Å². The van der Waals surface area contributed by atoms with Gasteiger partial charge in [-0.3, -0.25) is 0 Å². The predicted molar refractivity (Wildman–Crippen MR) is 82.0 cm³/mol. The van der Waals surface area contributed by atoms with E-state index in [0.29, 0.717) is 6.04 Å². The first-order valence-corrected chi connectivity index (χ1v) is 8.82. The molecule has 0 aromatic carbocycles. The minimum Gasteiger partial charge on any atom is -0.368 e. The highest BCUT2D eigenvalue weighted by molar-refractivity contribution is 7.99. The van der Waals surface area contributed by atoms with Crippen molar-refractivity contribution in [1.29, 1.82) is 0 Å². The fourth-order valence-corrected chi connectivity index (χ4v) is 3.73. The van der Waals surface area contributed by atoms with Crippen LogP contribution in [-0.2, 0) is 11.2 Å². The minimum absolute atomic E-state index is 0.0861. The fraction of sp³-hybridized carbons (Fsp3) is 0.733. The van der Waals surface area contributed by atoms with Gasteiger partial charge in [0.1, 0.15) is 6.10 Å². The third-order valence-electron chi connectivity index (χ3n) is 3.95. The van der Waals surface area contributed by atoms with Crippen LogP contribution < -0.4 is 5.32 Å². The molecule has 20 heavy (non-hydrogen) atoms. The summed E-state index contributed by atoms with van der Waals surface area (Å²) in [4.78, 5) is 9.39. The molecular weight excluding hydrogens is 270 g/mol. The standard InChI is InChI=1S/C15H23N3OS/c1-2-6-16-12-4-3-5-13-11(12)9-17-15(18-13)14-10-20-8-7-19-14/h9,12,14,16H,2-8,10H2,1H3. The summed E-state index contributed by atoms with van der Waals surface area (Å²) in [5.74, 6) is 2.95. The highest BCUT2D eigenvalue weighted by Crippen LogP contribution is 2.30. The molecule has 1 aromatic rings. The zero-order valence-corrected chi connectivity index (χ0v) is 12.9. The van der Waals surface area contributed by atoms with E-state index in [4.69, 9.17) is 9.72 Å². The highest BCUT2D eigenvalue weighted by Gasteiger charge is 2.25. The van der Waals surface area contributed by atoms with Gasteiger partial charge in [-0.05, 0) is 32.2 Å². The van der Waals surface area contributed by atoms with Crippen LogP contribution in [0.15, 0.2) is 6.20 Å². The number of hydrogen-bond acceptors (Lipinski definition) is 5. The summed E-state index contributed by atoms with van der Waals surface area (Å²) in [5.41, 5.74) is 2.53. The lowest BCUT2D eigenvalue weighted by molar-refractivity contribution is 0.0691. The number of thioether (sulfide) groups is 1. The van der Waals surface area contributed by atoms with Crippen molar-refractivity contribution in [2.45, 2.75) is 44.8 Å². The molecule has 2 aliphatic rings. The Morgan fingerprint density at radius 1 is 1.50 bits per heavy atom. The van der Waals surface area contributed by atoms with Crippen LogP contribution in [0.3, 0.4) is 0 Å². The average molecular weight is 293 g/mol. The van der Waals surface area contributed by atoms with Crippen molar-refractivity contribution >= 4 is 11.8 Å². The zero-order chi connectivity index (χ0) is 13.8. The minimum atomic E-state index is 0.0861. The van der Waals surface area contributed by atoms with Crippen LogP contribution in [-0.4, -0.2) is 34.6 Å². The molecule has 1 aliphatic carbocycles. The lowest BCUT2D eigenvalue weighted by atomic mass is 9.92. The van der Waals surface area contributed by atoms with Crippen molar-refractivity contribution in [1.82, 2.24) is 15.3 Å². The van der Waals surface area contributed by atoms with E-state index in [9.17, 15) is 0 Å². The quantitative estimate of drug-likeness (QED) is 0.925. The summed E-state index contributed by atoms with van der Waals surface area (Å²) in [5, 5.41) is 3.61. The van der Waals surface area contributed by atoms with Crippen molar-refractivity contribution in [3.8, 4) is 0 Å². The van der Waals surface area contributed by atoms with Crippen LogP contribution >= 0.6 is 11.8 Å². The Morgan fingerprint density at radius 3 is 3.25 bits per heavy atom. The molecule has 1 N–H and O–H groups in total. The molecule has 0 saturated carbocycles. The Labute approximate surface area is 125 Å². The summed E-state index contributed by atoms with van der Waals surface area (Å²) < 4.78 is 5.79. The predicted octanol–water partition coefficient (Wildman–Crippen LogP) is 2.66. The van der Waals surface area contributed by atoms with Crippen LogP contribution in [0.4, 0.5) is 0 Å². The molecule has 2 heterocycles. The summed E-state index contributed by atoms with van der Waals surface area (Å²) in [7, 11) is 0. The first-order valence-electron chi connectivity index (χ1n) is 7.67. The molecule has 0 radical (unpaired) electrons. The first-order chi connectivity index (χ1) is 9.88. The summed E-state index contributed by atoms with van der Waals surface area (Å²) in [6, 6.07) is 0.439. The largest absolute Gasteiger partial charge is 0.368 e. The van der Waals surface area contributed by atoms with Gasteiger partial charge in [0.15, 0.2) is 5.82 Å². The molecular formula is C15H23N3OS. The Kier molecular flexibility index (Phi) is 4.91. The van der Waals surface area contributed by atoms with E-state index in [-0.39, 0.29) is 6.10 Å². The van der Waals surface area contributed by atoms with Crippen LogP contribution in [0.25, 0.3) is 0 Å². The van der Waals surface area contributed by atoms with E-state index in [2.05, 4.69) is 17.2 Å². The SMILES string of the molecule is CCCNC1CCCc2nc(C3CSCCO3)ncc21. The molecule has 1 fully saturated rings. The van der Waals surface area contributed by atoms with Crippen molar-refractivity contribution < 1.29 is 4.74 Å². The third-order valence-corrected chi connectivity index (χ3v) is 4.94. The number of aryl methyl sites for hydroxylation is 1. The van der Waals surface area contributed by atoms with Gasteiger partial charge in [-0.2, -0.15) is 11.8 Å². The number of aromatic nitrogens is 2. The maximum Gasteiger partial charge on any atom is 0.158 e. The van der Waals surface area contributed by atoms with Gasteiger partial charge in [-0.25, -0.2) is 9.97 Å². The molecule has 110 valence electrons. The van der Waals surface area contributed by atoms with Gasteiger partial charge >= 0.3 is 0 Å². The number of hydrogen-bond donors (Lipinski definition) is 1. The van der Waals surface area contributed by atoms with Gasteiger partial charge in [0, 0.05) is 35.0 Å². The van der Waals surface area contributed by atoms with Crippen LogP contribution in [0.5, 0.6) is 0 Å². The second-order valence-electron chi connectivity index (χ2n) is 5.46. The van der Waals surface area contributed by atoms with Gasteiger partial charge in [0.2, 0.25) is 0 Å². The van der Waals surface area contributed by atoms with Gasteiger partial charge in [-0.15, -0.1) is 0 Å². The number of nitrogens with one attached hydrogen (secondary N) is 1. The number of nitrogens with zero attached hydrogens (tertiary/aromatic N) is 2. The molecule has 1 aliphatic heterocycles. The van der Waals surface area contributed by atoms with Crippen molar-refractivity contribution in [2.24, 2.45) is 0 Å². The highest BCUT2D eigenvalue weighted by atomic mass is 32.2. The van der Waals surface area contributed by atoms with Crippen LogP contribution in [0.2, 0.25) is 0 Å². The summed E-state index contributed by atoms with van der Waals surface area (Å²) >= 11 is 1.93. The normalized spacial score (nSPS) is 26.2. The molecule has 1 aromatic heterocycles. The van der Waals surface area contributed by atoms with Crippen molar-refractivity contribution in [3.63, 3.8) is 0 Å². The molecule has 3 rings (SSSR count). The Hall–Kier alpha value is -0.650. The average Bonchev–Trinajstić information content (AvgIpc) is 2.53. The third kappa shape index (κ3) is 3.15.